The molecule has 30 heavy (non-hydrogen) atoms. The van der Waals surface area contributed by atoms with Gasteiger partial charge < -0.3 is 5.11 Å². The average molecular weight is 419 g/mol. The fourth-order valence-corrected chi connectivity index (χ4v) is 7.90. The number of carbonyl (C=O) groups is 1. The van der Waals surface area contributed by atoms with Gasteiger partial charge in [0.1, 0.15) is 0 Å². The molecule has 3 saturated carbocycles. The SMILES string of the molecule is CCCCCC1CCC(C2(C3CCC(CCCC)(C(=O)O)CC3)CCCCC2)CC1. The van der Waals surface area contributed by atoms with Crippen LogP contribution in [0.3, 0.4) is 0 Å². The third-order valence-corrected chi connectivity index (χ3v) is 9.88. The molecule has 0 aliphatic heterocycles. The Labute approximate surface area is 187 Å². The second-order valence-electron chi connectivity index (χ2n) is 11.5. The van der Waals surface area contributed by atoms with E-state index in [0.29, 0.717) is 5.41 Å². The highest BCUT2D eigenvalue weighted by molar-refractivity contribution is 5.74. The van der Waals surface area contributed by atoms with E-state index in [4.69, 9.17) is 0 Å². The summed E-state index contributed by atoms with van der Waals surface area (Å²) in [4.78, 5) is 12.2. The van der Waals surface area contributed by atoms with Crippen molar-refractivity contribution < 1.29 is 9.90 Å². The van der Waals surface area contributed by atoms with Crippen LogP contribution < -0.4 is 0 Å². The van der Waals surface area contributed by atoms with Gasteiger partial charge in [0.25, 0.3) is 0 Å². The summed E-state index contributed by atoms with van der Waals surface area (Å²) in [6.45, 7) is 4.51. The summed E-state index contributed by atoms with van der Waals surface area (Å²) in [6.07, 6.45) is 26.1. The average Bonchev–Trinajstić information content (AvgIpc) is 2.79. The van der Waals surface area contributed by atoms with Crippen LogP contribution in [0.2, 0.25) is 0 Å². The number of carboxylic acid groups (broad SMARTS) is 1. The van der Waals surface area contributed by atoms with Crippen LogP contribution in [0.4, 0.5) is 0 Å². The third-order valence-electron chi connectivity index (χ3n) is 9.88. The van der Waals surface area contributed by atoms with Gasteiger partial charge >= 0.3 is 5.97 Å². The van der Waals surface area contributed by atoms with Crippen molar-refractivity contribution in [2.45, 2.75) is 142 Å². The molecule has 174 valence electrons. The van der Waals surface area contributed by atoms with Crippen molar-refractivity contribution in [1.29, 1.82) is 0 Å². The van der Waals surface area contributed by atoms with E-state index in [1.807, 2.05) is 0 Å². The molecule has 0 amide bonds. The van der Waals surface area contributed by atoms with Crippen LogP contribution in [-0.2, 0) is 4.79 Å². The Hall–Kier alpha value is -0.530. The molecule has 3 aliphatic carbocycles. The smallest absolute Gasteiger partial charge is 0.309 e. The molecule has 0 aromatic rings. The molecule has 1 N–H and O–H groups in total. The van der Waals surface area contributed by atoms with Crippen molar-refractivity contribution in [2.24, 2.45) is 28.6 Å². The first-order chi connectivity index (χ1) is 14.6. The minimum absolute atomic E-state index is 0.403. The van der Waals surface area contributed by atoms with Crippen LogP contribution >= 0.6 is 0 Å². The van der Waals surface area contributed by atoms with E-state index in [1.165, 1.54) is 96.3 Å². The molecule has 0 unspecified atom stereocenters. The van der Waals surface area contributed by atoms with Crippen molar-refractivity contribution in [3.8, 4) is 0 Å². The van der Waals surface area contributed by atoms with E-state index in [0.717, 1.165) is 49.9 Å². The molecule has 2 heteroatoms. The first-order valence-electron chi connectivity index (χ1n) is 13.8. The minimum Gasteiger partial charge on any atom is -0.481 e. The molecule has 2 nitrogen and oxygen atoms in total. The number of rotatable bonds is 10. The number of carboxylic acids is 1. The Balaban J connectivity index is 1.63. The molecule has 0 aromatic carbocycles. The molecule has 0 radical (unpaired) electrons. The van der Waals surface area contributed by atoms with Gasteiger partial charge in [-0.15, -0.1) is 0 Å². The number of aliphatic carboxylic acids is 1. The Morgan fingerprint density at radius 3 is 1.93 bits per heavy atom. The predicted octanol–water partition coefficient (Wildman–Crippen LogP) is 8.78. The zero-order valence-electron chi connectivity index (χ0n) is 20.2. The van der Waals surface area contributed by atoms with Gasteiger partial charge in [-0.1, -0.05) is 84.5 Å². The van der Waals surface area contributed by atoms with Gasteiger partial charge in [0.05, 0.1) is 5.41 Å². The lowest BCUT2D eigenvalue weighted by Gasteiger charge is -2.54. The summed E-state index contributed by atoms with van der Waals surface area (Å²) in [5, 5.41) is 10.0. The summed E-state index contributed by atoms with van der Waals surface area (Å²) >= 11 is 0. The molecule has 0 saturated heterocycles. The number of hydrogen-bond acceptors (Lipinski definition) is 1. The molecule has 0 aromatic heterocycles. The topological polar surface area (TPSA) is 37.3 Å². The van der Waals surface area contributed by atoms with Gasteiger partial charge in [0, 0.05) is 0 Å². The highest BCUT2D eigenvalue weighted by atomic mass is 16.4. The zero-order chi connectivity index (χ0) is 21.5. The van der Waals surface area contributed by atoms with Gasteiger partial charge in [0.15, 0.2) is 0 Å². The summed E-state index contributed by atoms with van der Waals surface area (Å²) < 4.78 is 0. The molecule has 0 spiro atoms. The lowest BCUT2D eigenvalue weighted by molar-refractivity contribution is -0.154. The van der Waals surface area contributed by atoms with Crippen molar-refractivity contribution in [2.75, 3.05) is 0 Å². The van der Waals surface area contributed by atoms with E-state index in [1.54, 1.807) is 0 Å². The summed E-state index contributed by atoms with van der Waals surface area (Å²) in [7, 11) is 0. The molecule has 0 bridgehead atoms. The zero-order valence-corrected chi connectivity index (χ0v) is 20.2. The summed E-state index contributed by atoms with van der Waals surface area (Å²) in [6, 6.07) is 0. The highest BCUT2D eigenvalue weighted by Gasteiger charge is 2.50. The Bertz CT molecular complexity index is 503. The largest absolute Gasteiger partial charge is 0.481 e. The van der Waals surface area contributed by atoms with Crippen LogP contribution in [0.25, 0.3) is 0 Å². The van der Waals surface area contributed by atoms with Gasteiger partial charge in [-0.2, -0.15) is 0 Å². The number of unbranched alkanes of at least 4 members (excludes halogenated alkanes) is 3. The minimum atomic E-state index is -0.500. The standard InChI is InChI=1S/C28H50O2/c1-3-5-8-11-23-12-14-24(15-13-23)28(19-9-7-10-20-28)25-16-21-27(22-17-25,26(29)30)18-6-4-2/h23-25H,3-22H2,1-2H3,(H,29,30). The van der Waals surface area contributed by atoms with E-state index < -0.39 is 11.4 Å². The summed E-state index contributed by atoms with van der Waals surface area (Å²) in [5.74, 6) is 2.22. The van der Waals surface area contributed by atoms with Crippen LogP contribution in [0.15, 0.2) is 0 Å². The van der Waals surface area contributed by atoms with Crippen molar-refractivity contribution in [1.82, 2.24) is 0 Å². The van der Waals surface area contributed by atoms with Crippen LogP contribution in [0.1, 0.15) is 142 Å². The second-order valence-corrected chi connectivity index (χ2v) is 11.5. The van der Waals surface area contributed by atoms with Gasteiger partial charge in [-0.05, 0) is 81.0 Å². The molecule has 3 fully saturated rings. The third kappa shape index (κ3) is 5.44. The van der Waals surface area contributed by atoms with Crippen LogP contribution in [0.5, 0.6) is 0 Å². The van der Waals surface area contributed by atoms with E-state index >= 15 is 0 Å². The monoisotopic (exact) mass is 418 g/mol. The fourth-order valence-electron chi connectivity index (χ4n) is 7.90. The molecule has 0 heterocycles. The molecule has 3 aliphatic rings. The van der Waals surface area contributed by atoms with Gasteiger partial charge in [-0.25, -0.2) is 0 Å². The first kappa shape index (κ1) is 24.1. The second kappa shape index (κ2) is 11.4. The Morgan fingerprint density at radius 2 is 1.37 bits per heavy atom. The van der Waals surface area contributed by atoms with Crippen molar-refractivity contribution in [3.05, 3.63) is 0 Å². The molecule has 3 rings (SSSR count). The maximum absolute atomic E-state index is 12.2. The maximum Gasteiger partial charge on any atom is 0.309 e. The summed E-state index contributed by atoms with van der Waals surface area (Å²) in [5.41, 5.74) is 0.154. The fraction of sp³-hybridized carbons (Fsp3) is 0.964. The van der Waals surface area contributed by atoms with Gasteiger partial charge in [-0.3, -0.25) is 4.79 Å². The highest BCUT2D eigenvalue weighted by Crippen LogP contribution is 2.59. The number of hydrogen-bond donors (Lipinski definition) is 1. The molecular formula is C28H50O2. The van der Waals surface area contributed by atoms with Crippen LogP contribution in [-0.4, -0.2) is 11.1 Å². The van der Waals surface area contributed by atoms with E-state index in [2.05, 4.69) is 13.8 Å². The predicted molar refractivity (Wildman–Crippen MR) is 127 cm³/mol. The van der Waals surface area contributed by atoms with E-state index in [-0.39, 0.29) is 0 Å². The lowest BCUT2D eigenvalue weighted by Crippen LogP contribution is -2.45. The quantitative estimate of drug-likeness (QED) is 0.360. The van der Waals surface area contributed by atoms with E-state index in [9.17, 15) is 9.90 Å². The molecular weight excluding hydrogens is 368 g/mol. The van der Waals surface area contributed by atoms with Crippen molar-refractivity contribution >= 4 is 5.97 Å². The maximum atomic E-state index is 12.2. The van der Waals surface area contributed by atoms with Crippen LogP contribution in [0, 0.1) is 28.6 Å². The molecule has 0 atom stereocenters. The normalized spacial score (nSPS) is 34.5. The van der Waals surface area contributed by atoms with Crippen molar-refractivity contribution in [3.63, 3.8) is 0 Å². The lowest BCUT2D eigenvalue weighted by atomic mass is 9.51. The first-order valence-corrected chi connectivity index (χ1v) is 13.8. The Kier molecular flexibility index (Phi) is 9.14. The Morgan fingerprint density at radius 1 is 0.767 bits per heavy atom. The van der Waals surface area contributed by atoms with Gasteiger partial charge in [0.2, 0.25) is 0 Å².